The Balaban J connectivity index is 0.000000276. The molecule has 0 unspecified atom stereocenters. The molecule has 1 amide bonds. The molecular formula is C26H35F6N3O6. The molecule has 5 rings (SSSR count). The maximum atomic E-state index is 13.6. The summed E-state index contributed by atoms with van der Waals surface area (Å²) in [6.45, 7) is 7.37. The summed E-state index contributed by atoms with van der Waals surface area (Å²) < 4.78 is 68.7. The molecule has 3 saturated heterocycles. The summed E-state index contributed by atoms with van der Waals surface area (Å²) >= 11 is 0. The Labute approximate surface area is 233 Å². The van der Waals surface area contributed by atoms with E-state index >= 15 is 0 Å². The average Bonchev–Trinajstić information content (AvgIpc) is 3.67. The first-order valence-corrected chi connectivity index (χ1v) is 13.3. The van der Waals surface area contributed by atoms with Crippen molar-refractivity contribution in [1.29, 1.82) is 0 Å². The van der Waals surface area contributed by atoms with Crippen molar-refractivity contribution >= 4 is 17.8 Å². The molecule has 0 bridgehead atoms. The smallest absolute Gasteiger partial charge is 0.475 e. The van der Waals surface area contributed by atoms with Gasteiger partial charge in [0.2, 0.25) is 5.91 Å². The lowest BCUT2D eigenvalue weighted by molar-refractivity contribution is -0.193. The van der Waals surface area contributed by atoms with E-state index in [0.29, 0.717) is 17.2 Å². The topological polar surface area (TPSA) is 115 Å². The highest BCUT2D eigenvalue weighted by Crippen LogP contribution is 2.62. The summed E-state index contributed by atoms with van der Waals surface area (Å²) in [4.78, 5) is 38.6. The molecule has 0 radical (unpaired) electrons. The molecule has 1 aromatic heterocycles. The molecule has 15 heteroatoms. The summed E-state index contributed by atoms with van der Waals surface area (Å²) in [7, 11) is 2.22. The van der Waals surface area contributed by atoms with Gasteiger partial charge in [0.1, 0.15) is 0 Å². The van der Waals surface area contributed by atoms with Crippen LogP contribution in [0.25, 0.3) is 0 Å². The van der Waals surface area contributed by atoms with Crippen LogP contribution < -0.4 is 0 Å². The van der Waals surface area contributed by atoms with E-state index < -0.39 is 24.3 Å². The van der Waals surface area contributed by atoms with E-state index in [-0.39, 0.29) is 5.41 Å². The van der Waals surface area contributed by atoms with Crippen LogP contribution in [0.3, 0.4) is 0 Å². The number of furan rings is 1. The Bertz CT molecular complexity index is 1030. The van der Waals surface area contributed by atoms with Crippen molar-refractivity contribution in [3.05, 3.63) is 24.2 Å². The number of likely N-dealkylation sites (tertiary alicyclic amines) is 3. The molecule has 9 nitrogen and oxygen atoms in total. The summed E-state index contributed by atoms with van der Waals surface area (Å²) in [5, 5.41) is 14.2. The molecule has 3 aliphatic heterocycles. The maximum Gasteiger partial charge on any atom is 0.490 e. The number of hydrogen-bond acceptors (Lipinski definition) is 6. The number of alkyl halides is 6. The van der Waals surface area contributed by atoms with Gasteiger partial charge < -0.3 is 24.4 Å². The van der Waals surface area contributed by atoms with Gasteiger partial charge in [-0.05, 0) is 76.1 Å². The van der Waals surface area contributed by atoms with Crippen molar-refractivity contribution in [1.82, 2.24) is 14.7 Å². The molecule has 2 atom stereocenters. The fourth-order valence-electron chi connectivity index (χ4n) is 6.78. The van der Waals surface area contributed by atoms with Crippen molar-refractivity contribution < 1.29 is 55.4 Å². The molecule has 4 heterocycles. The number of carbonyl (C=O) groups is 3. The molecule has 0 aromatic carbocycles. The van der Waals surface area contributed by atoms with Crippen LogP contribution in [-0.2, 0) is 20.9 Å². The second-order valence-electron chi connectivity index (χ2n) is 11.3. The highest BCUT2D eigenvalue weighted by molar-refractivity contribution is 5.84. The second kappa shape index (κ2) is 12.6. The highest BCUT2D eigenvalue weighted by atomic mass is 19.4. The van der Waals surface area contributed by atoms with Crippen molar-refractivity contribution in [3.8, 4) is 0 Å². The minimum atomic E-state index is -5.08. The Kier molecular flexibility index (Phi) is 10.0. The van der Waals surface area contributed by atoms with Crippen LogP contribution in [0.15, 0.2) is 23.0 Å². The van der Waals surface area contributed by atoms with Gasteiger partial charge in [0.05, 0.1) is 17.9 Å². The number of carbonyl (C=O) groups excluding carboxylic acids is 1. The standard InChI is InChI=1S/C22H33N3O2.2C2HF3O2/c1-23-15-19-21(7-11-24(12-8-21)14-18-4-13-27-16-18)5-6-22(19,17-23)20(26)25-9-2-3-10-25;2*3-2(4,5)1(6)7/h4,13,16,19H,2-3,5-12,14-15,17H2,1H3;2*(H,6,7)/t19-,22+;;/m0../s1. The number of halogens is 6. The summed E-state index contributed by atoms with van der Waals surface area (Å²) in [5.41, 5.74) is 1.57. The van der Waals surface area contributed by atoms with Crippen LogP contribution in [0.5, 0.6) is 0 Å². The number of aliphatic carboxylic acids is 2. The van der Waals surface area contributed by atoms with Gasteiger partial charge in [-0.15, -0.1) is 0 Å². The van der Waals surface area contributed by atoms with Crippen LogP contribution in [0.1, 0.15) is 44.1 Å². The van der Waals surface area contributed by atoms with E-state index in [4.69, 9.17) is 24.2 Å². The lowest BCUT2D eigenvalue weighted by Crippen LogP contribution is -2.49. The highest BCUT2D eigenvalue weighted by Gasteiger charge is 2.64. The van der Waals surface area contributed by atoms with Gasteiger partial charge in [0, 0.05) is 38.3 Å². The number of carboxylic acids is 2. The number of carboxylic acid groups (broad SMARTS) is 2. The zero-order chi connectivity index (χ0) is 30.6. The third kappa shape index (κ3) is 7.73. The van der Waals surface area contributed by atoms with Crippen LogP contribution >= 0.6 is 0 Å². The van der Waals surface area contributed by atoms with Crippen LogP contribution in [0, 0.1) is 16.7 Å². The predicted molar refractivity (Wildman–Crippen MR) is 132 cm³/mol. The van der Waals surface area contributed by atoms with E-state index in [0.717, 1.165) is 52.2 Å². The van der Waals surface area contributed by atoms with Crippen molar-refractivity contribution in [2.75, 3.05) is 46.3 Å². The van der Waals surface area contributed by atoms with Crippen molar-refractivity contribution in [3.63, 3.8) is 0 Å². The molecule has 232 valence electrons. The minimum Gasteiger partial charge on any atom is -0.475 e. The quantitative estimate of drug-likeness (QED) is 0.500. The fraction of sp³-hybridized carbons (Fsp3) is 0.731. The Hall–Kier alpha value is -2.81. The molecule has 1 aromatic rings. The SMILES string of the molecule is CN1C[C@H]2C3(CCN(Cc4ccoc4)CC3)CC[C@@]2(C(=O)N2CCCC2)C1.O=C(O)C(F)(F)F.O=C(O)C(F)(F)F. The number of amides is 1. The van der Waals surface area contributed by atoms with Crippen LogP contribution in [-0.4, -0.2) is 101 Å². The minimum absolute atomic E-state index is 0.0915. The Morgan fingerprint density at radius 3 is 1.93 bits per heavy atom. The third-order valence-corrected chi connectivity index (χ3v) is 8.66. The van der Waals surface area contributed by atoms with Gasteiger partial charge in [-0.25, -0.2) is 9.59 Å². The van der Waals surface area contributed by atoms with E-state index in [2.05, 4.69) is 27.8 Å². The van der Waals surface area contributed by atoms with Gasteiger partial charge in [-0.1, -0.05) is 0 Å². The summed E-state index contributed by atoms with van der Waals surface area (Å²) in [5.74, 6) is -4.47. The van der Waals surface area contributed by atoms with E-state index in [9.17, 15) is 31.1 Å². The first kappa shape index (κ1) is 32.7. The molecule has 1 spiro atoms. The van der Waals surface area contributed by atoms with Gasteiger partial charge in [0.25, 0.3) is 0 Å². The predicted octanol–water partition coefficient (Wildman–Crippen LogP) is 4.09. The second-order valence-corrected chi connectivity index (χ2v) is 11.3. The first-order valence-electron chi connectivity index (χ1n) is 13.3. The molecular weight excluding hydrogens is 564 g/mol. The van der Waals surface area contributed by atoms with E-state index in [1.165, 1.54) is 37.7 Å². The maximum absolute atomic E-state index is 13.6. The average molecular weight is 600 g/mol. The summed E-state index contributed by atoms with van der Waals surface area (Å²) in [6, 6.07) is 2.08. The molecule has 1 aliphatic carbocycles. The van der Waals surface area contributed by atoms with Crippen molar-refractivity contribution in [2.24, 2.45) is 16.7 Å². The van der Waals surface area contributed by atoms with Gasteiger partial charge in [-0.3, -0.25) is 9.69 Å². The zero-order valence-electron chi connectivity index (χ0n) is 22.6. The zero-order valence-corrected chi connectivity index (χ0v) is 22.6. The van der Waals surface area contributed by atoms with Crippen LogP contribution in [0.2, 0.25) is 0 Å². The molecule has 1 saturated carbocycles. The number of hydrogen-bond donors (Lipinski definition) is 2. The number of piperidine rings is 1. The largest absolute Gasteiger partial charge is 0.490 e. The first-order chi connectivity index (χ1) is 19.0. The lowest BCUT2D eigenvalue weighted by Gasteiger charge is -2.45. The lowest BCUT2D eigenvalue weighted by atomic mass is 9.65. The van der Waals surface area contributed by atoms with Gasteiger partial charge in [0.15, 0.2) is 0 Å². The van der Waals surface area contributed by atoms with Crippen LogP contribution in [0.4, 0.5) is 26.3 Å². The van der Waals surface area contributed by atoms with Gasteiger partial charge >= 0.3 is 24.3 Å². The molecule has 4 fully saturated rings. The number of fused-ring (bicyclic) bond motifs is 2. The Morgan fingerprint density at radius 1 is 0.927 bits per heavy atom. The molecule has 41 heavy (non-hydrogen) atoms. The van der Waals surface area contributed by atoms with E-state index in [1.807, 2.05) is 6.26 Å². The normalized spacial score (nSPS) is 26.1. The number of rotatable bonds is 3. The molecule has 4 aliphatic rings. The molecule has 2 N–H and O–H groups in total. The summed E-state index contributed by atoms with van der Waals surface area (Å²) in [6.07, 6.45) is 0.712. The fourth-order valence-corrected chi connectivity index (χ4v) is 6.78. The van der Waals surface area contributed by atoms with Gasteiger partial charge in [-0.2, -0.15) is 26.3 Å². The van der Waals surface area contributed by atoms with Crippen molar-refractivity contribution in [2.45, 2.75) is 57.4 Å². The van der Waals surface area contributed by atoms with E-state index in [1.54, 1.807) is 6.26 Å². The third-order valence-electron chi connectivity index (χ3n) is 8.66. The Morgan fingerprint density at radius 2 is 1.46 bits per heavy atom. The monoisotopic (exact) mass is 599 g/mol. The number of nitrogens with zero attached hydrogens (tertiary/aromatic N) is 3.